The molecular formula is C10H12F. The van der Waals surface area contributed by atoms with E-state index in [-0.39, 0.29) is 5.82 Å². The number of aryl methyl sites for hydroxylation is 1. The van der Waals surface area contributed by atoms with E-state index in [1.165, 1.54) is 17.7 Å². The highest BCUT2D eigenvalue weighted by Crippen LogP contribution is 2.05. The fraction of sp³-hybridized carbons (Fsp3) is 0.300. The fourth-order valence-electron chi connectivity index (χ4n) is 0.980. The Labute approximate surface area is 67.1 Å². The Hall–Kier alpha value is -0.850. The second kappa shape index (κ2) is 4.12. The van der Waals surface area contributed by atoms with Crippen molar-refractivity contribution in [1.29, 1.82) is 0 Å². The van der Waals surface area contributed by atoms with Crippen molar-refractivity contribution < 1.29 is 4.39 Å². The molecule has 0 unspecified atom stereocenters. The molecule has 0 aliphatic heterocycles. The Morgan fingerprint density at radius 3 is 2.36 bits per heavy atom. The first-order valence-corrected chi connectivity index (χ1v) is 3.86. The van der Waals surface area contributed by atoms with Gasteiger partial charge in [-0.2, -0.15) is 0 Å². The van der Waals surface area contributed by atoms with Gasteiger partial charge in [0.05, 0.1) is 0 Å². The van der Waals surface area contributed by atoms with Crippen LogP contribution in [0.3, 0.4) is 0 Å². The van der Waals surface area contributed by atoms with Gasteiger partial charge in [0.25, 0.3) is 0 Å². The minimum Gasteiger partial charge on any atom is -0.207 e. The summed E-state index contributed by atoms with van der Waals surface area (Å²) < 4.78 is 12.4. The molecule has 0 aliphatic carbocycles. The van der Waals surface area contributed by atoms with Gasteiger partial charge in [-0.25, -0.2) is 4.39 Å². The first-order chi connectivity index (χ1) is 5.33. The van der Waals surface area contributed by atoms with E-state index >= 15 is 0 Å². The van der Waals surface area contributed by atoms with Gasteiger partial charge in [-0.15, -0.1) is 0 Å². The number of unbranched alkanes of at least 4 members (excludes halogenated alkanes) is 1. The summed E-state index contributed by atoms with van der Waals surface area (Å²) in [4.78, 5) is 0. The van der Waals surface area contributed by atoms with Crippen molar-refractivity contribution in [3.8, 4) is 0 Å². The maximum atomic E-state index is 12.4. The van der Waals surface area contributed by atoms with E-state index in [2.05, 4.69) is 6.92 Å². The number of halogens is 1. The van der Waals surface area contributed by atoms with E-state index in [1.807, 2.05) is 12.1 Å². The number of hydrogen-bond donors (Lipinski definition) is 0. The molecule has 0 atom stereocenters. The van der Waals surface area contributed by atoms with Crippen LogP contribution in [0, 0.1) is 12.7 Å². The molecule has 0 saturated carbocycles. The molecule has 0 heterocycles. The van der Waals surface area contributed by atoms with Gasteiger partial charge in [0.15, 0.2) is 0 Å². The van der Waals surface area contributed by atoms with Crippen molar-refractivity contribution in [3.05, 3.63) is 42.6 Å². The summed E-state index contributed by atoms with van der Waals surface area (Å²) in [5, 5.41) is 0. The highest BCUT2D eigenvalue weighted by molar-refractivity contribution is 5.15. The average Bonchev–Trinajstić information content (AvgIpc) is 2.04. The van der Waals surface area contributed by atoms with Gasteiger partial charge in [0, 0.05) is 0 Å². The van der Waals surface area contributed by atoms with Crippen molar-refractivity contribution in [2.24, 2.45) is 0 Å². The zero-order valence-electron chi connectivity index (χ0n) is 6.52. The molecule has 0 fully saturated rings. The second-order valence-electron chi connectivity index (χ2n) is 2.58. The van der Waals surface area contributed by atoms with Crippen molar-refractivity contribution in [1.82, 2.24) is 0 Å². The largest absolute Gasteiger partial charge is 0.207 e. The van der Waals surface area contributed by atoms with Gasteiger partial charge in [0.2, 0.25) is 0 Å². The van der Waals surface area contributed by atoms with Crippen LogP contribution in [0.4, 0.5) is 4.39 Å². The lowest BCUT2D eigenvalue weighted by Crippen LogP contribution is -1.84. The van der Waals surface area contributed by atoms with Gasteiger partial charge in [-0.05, 0) is 30.5 Å². The SMILES string of the molecule is [CH2]CCCc1ccc(F)cc1. The molecular weight excluding hydrogens is 139 g/mol. The van der Waals surface area contributed by atoms with E-state index in [4.69, 9.17) is 0 Å². The van der Waals surface area contributed by atoms with Crippen molar-refractivity contribution in [3.63, 3.8) is 0 Å². The summed E-state index contributed by atoms with van der Waals surface area (Å²) in [5.41, 5.74) is 1.19. The van der Waals surface area contributed by atoms with E-state index in [0.29, 0.717) is 0 Å². The maximum Gasteiger partial charge on any atom is 0.123 e. The minimum absolute atomic E-state index is 0.164. The molecule has 0 spiro atoms. The Morgan fingerprint density at radius 1 is 1.18 bits per heavy atom. The zero-order chi connectivity index (χ0) is 8.10. The molecule has 1 aromatic carbocycles. The molecule has 0 N–H and O–H groups in total. The van der Waals surface area contributed by atoms with Crippen LogP contribution in [0.25, 0.3) is 0 Å². The smallest absolute Gasteiger partial charge is 0.123 e. The lowest BCUT2D eigenvalue weighted by atomic mass is 10.1. The van der Waals surface area contributed by atoms with Crippen LogP contribution in [0.2, 0.25) is 0 Å². The summed E-state index contributed by atoms with van der Waals surface area (Å²) in [6.07, 6.45) is 3.02. The van der Waals surface area contributed by atoms with Gasteiger partial charge in [-0.3, -0.25) is 0 Å². The topological polar surface area (TPSA) is 0 Å². The third-order valence-corrected chi connectivity index (χ3v) is 1.63. The molecule has 59 valence electrons. The van der Waals surface area contributed by atoms with Crippen molar-refractivity contribution in [2.75, 3.05) is 0 Å². The van der Waals surface area contributed by atoms with Gasteiger partial charge >= 0.3 is 0 Å². The van der Waals surface area contributed by atoms with Gasteiger partial charge in [-0.1, -0.05) is 25.5 Å². The molecule has 0 amide bonds. The first-order valence-electron chi connectivity index (χ1n) is 3.86. The van der Waals surface area contributed by atoms with Crippen LogP contribution in [-0.2, 0) is 6.42 Å². The second-order valence-corrected chi connectivity index (χ2v) is 2.58. The standard InChI is InChI=1S/C10H12F/c1-2-3-4-9-5-7-10(11)8-6-9/h5-8H,1-4H2. The van der Waals surface area contributed by atoms with E-state index < -0.39 is 0 Å². The lowest BCUT2D eigenvalue weighted by molar-refractivity contribution is 0.626. The molecule has 0 bridgehead atoms. The van der Waals surface area contributed by atoms with Crippen molar-refractivity contribution in [2.45, 2.75) is 19.3 Å². The normalized spacial score (nSPS) is 10.0. The lowest BCUT2D eigenvalue weighted by Gasteiger charge is -1.97. The minimum atomic E-state index is -0.164. The van der Waals surface area contributed by atoms with Gasteiger partial charge in [0.1, 0.15) is 5.82 Å². The summed E-state index contributed by atoms with van der Waals surface area (Å²) in [5.74, 6) is -0.164. The molecule has 0 aromatic heterocycles. The Bertz CT molecular complexity index is 201. The fourth-order valence-corrected chi connectivity index (χ4v) is 0.980. The first kappa shape index (κ1) is 8.25. The van der Waals surface area contributed by atoms with Crippen LogP contribution in [0.5, 0.6) is 0 Å². The molecule has 1 aromatic rings. The van der Waals surface area contributed by atoms with Crippen molar-refractivity contribution >= 4 is 0 Å². The molecule has 0 nitrogen and oxygen atoms in total. The molecule has 0 saturated heterocycles. The summed E-state index contributed by atoms with van der Waals surface area (Å²) in [7, 11) is 0. The predicted molar refractivity (Wildman–Crippen MR) is 44.7 cm³/mol. The molecule has 1 rings (SSSR count). The van der Waals surface area contributed by atoms with Crippen LogP contribution >= 0.6 is 0 Å². The predicted octanol–water partition coefficient (Wildman–Crippen LogP) is 2.98. The van der Waals surface area contributed by atoms with Crippen LogP contribution in [0.1, 0.15) is 18.4 Å². The molecule has 0 aliphatic rings. The molecule has 11 heavy (non-hydrogen) atoms. The highest BCUT2D eigenvalue weighted by Gasteiger charge is 1.91. The Balaban J connectivity index is 2.52. The summed E-state index contributed by atoms with van der Waals surface area (Å²) in [6.45, 7) is 3.74. The average molecular weight is 151 g/mol. The molecule has 1 heteroatoms. The number of benzene rings is 1. The third kappa shape index (κ3) is 2.71. The summed E-state index contributed by atoms with van der Waals surface area (Å²) in [6, 6.07) is 6.65. The van der Waals surface area contributed by atoms with Crippen LogP contribution < -0.4 is 0 Å². The quantitative estimate of drug-likeness (QED) is 0.623. The monoisotopic (exact) mass is 151 g/mol. The number of hydrogen-bond acceptors (Lipinski definition) is 0. The van der Waals surface area contributed by atoms with Crippen LogP contribution in [0.15, 0.2) is 24.3 Å². The third-order valence-electron chi connectivity index (χ3n) is 1.63. The summed E-state index contributed by atoms with van der Waals surface area (Å²) >= 11 is 0. The van der Waals surface area contributed by atoms with E-state index in [1.54, 1.807) is 0 Å². The van der Waals surface area contributed by atoms with E-state index in [0.717, 1.165) is 19.3 Å². The highest BCUT2D eigenvalue weighted by atomic mass is 19.1. The maximum absolute atomic E-state index is 12.4. The Morgan fingerprint density at radius 2 is 1.82 bits per heavy atom. The van der Waals surface area contributed by atoms with E-state index in [9.17, 15) is 4.39 Å². The number of rotatable bonds is 3. The molecule has 1 radical (unpaired) electrons. The van der Waals surface area contributed by atoms with Crippen LogP contribution in [-0.4, -0.2) is 0 Å². The van der Waals surface area contributed by atoms with Gasteiger partial charge < -0.3 is 0 Å². The Kier molecular flexibility index (Phi) is 3.09. The zero-order valence-corrected chi connectivity index (χ0v) is 6.52.